The molecule has 2 rings (SSSR count). The van der Waals surface area contributed by atoms with Crippen molar-refractivity contribution in [2.45, 2.75) is 32.4 Å². The average molecular weight is 303 g/mol. The summed E-state index contributed by atoms with van der Waals surface area (Å²) >= 11 is 9.85. The summed E-state index contributed by atoms with van der Waals surface area (Å²) in [6, 6.07) is 7.02. The normalized spacial score (nSPS) is 21.6. The van der Waals surface area contributed by atoms with Crippen LogP contribution < -0.4 is 0 Å². The predicted octanol–water partition coefficient (Wildman–Crippen LogP) is 4.01. The lowest BCUT2D eigenvalue weighted by Gasteiger charge is -2.23. The summed E-state index contributed by atoms with van der Waals surface area (Å²) in [5, 5.41) is 1.97. The number of hydrogen-bond acceptors (Lipinski definition) is 1. The lowest BCUT2D eigenvalue weighted by molar-refractivity contribution is 0.265. The highest BCUT2D eigenvalue weighted by molar-refractivity contribution is 9.09. The Labute approximate surface area is 111 Å². The number of nitrogens with zero attached hydrogens (tertiary/aromatic N) is 1. The van der Waals surface area contributed by atoms with Crippen molar-refractivity contribution in [2.75, 3.05) is 11.9 Å². The first-order valence-electron chi connectivity index (χ1n) is 5.75. The van der Waals surface area contributed by atoms with Gasteiger partial charge < -0.3 is 0 Å². The van der Waals surface area contributed by atoms with Crippen molar-refractivity contribution >= 4 is 27.5 Å². The molecular weight excluding hydrogens is 286 g/mol. The zero-order valence-electron chi connectivity index (χ0n) is 9.55. The predicted molar refractivity (Wildman–Crippen MR) is 73.4 cm³/mol. The number of hydrogen-bond donors (Lipinski definition) is 0. The van der Waals surface area contributed by atoms with Crippen molar-refractivity contribution in [2.24, 2.45) is 0 Å². The molecule has 0 saturated carbocycles. The molecule has 1 unspecified atom stereocenters. The van der Waals surface area contributed by atoms with Gasteiger partial charge >= 0.3 is 0 Å². The molecule has 3 heteroatoms. The molecule has 0 N–H and O–H groups in total. The standard InChI is InChI=1S/C13H17BrClN/c1-10-4-5-11(13(15)7-10)9-16-6-2-3-12(16)8-14/h4-5,7,12H,2-3,6,8-9H2,1H3. The molecule has 1 fully saturated rings. The monoisotopic (exact) mass is 301 g/mol. The lowest BCUT2D eigenvalue weighted by atomic mass is 10.1. The second kappa shape index (κ2) is 5.52. The van der Waals surface area contributed by atoms with Crippen LogP contribution in [-0.2, 0) is 6.54 Å². The minimum absolute atomic E-state index is 0.678. The number of benzene rings is 1. The molecule has 1 aromatic rings. The molecule has 1 saturated heterocycles. The highest BCUT2D eigenvalue weighted by Gasteiger charge is 2.23. The Balaban J connectivity index is 2.08. The molecule has 0 aliphatic carbocycles. The Morgan fingerprint density at radius 3 is 3.00 bits per heavy atom. The van der Waals surface area contributed by atoms with Crippen LogP contribution >= 0.6 is 27.5 Å². The van der Waals surface area contributed by atoms with E-state index in [-0.39, 0.29) is 0 Å². The molecule has 1 aliphatic rings. The van der Waals surface area contributed by atoms with Crippen molar-refractivity contribution in [3.05, 3.63) is 34.3 Å². The topological polar surface area (TPSA) is 3.24 Å². The van der Waals surface area contributed by atoms with Gasteiger partial charge in [0.25, 0.3) is 0 Å². The van der Waals surface area contributed by atoms with Gasteiger partial charge in [-0.15, -0.1) is 0 Å². The lowest BCUT2D eigenvalue weighted by Crippen LogP contribution is -2.30. The van der Waals surface area contributed by atoms with Crippen LogP contribution in [0.2, 0.25) is 5.02 Å². The van der Waals surface area contributed by atoms with Crippen LogP contribution in [0.4, 0.5) is 0 Å². The van der Waals surface area contributed by atoms with E-state index in [9.17, 15) is 0 Å². The molecule has 1 aromatic carbocycles. The van der Waals surface area contributed by atoms with Gasteiger partial charge in [-0.1, -0.05) is 39.7 Å². The second-order valence-corrected chi connectivity index (χ2v) is 5.57. The summed E-state index contributed by atoms with van der Waals surface area (Å²) in [6.45, 7) is 4.25. The largest absolute Gasteiger partial charge is 0.295 e. The third-order valence-corrected chi connectivity index (χ3v) is 4.36. The summed E-state index contributed by atoms with van der Waals surface area (Å²) in [5.74, 6) is 0. The van der Waals surface area contributed by atoms with Crippen LogP contribution in [0.15, 0.2) is 18.2 Å². The third kappa shape index (κ3) is 2.79. The van der Waals surface area contributed by atoms with E-state index in [1.165, 1.54) is 30.5 Å². The first-order chi connectivity index (χ1) is 7.70. The first-order valence-corrected chi connectivity index (χ1v) is 7.25. The van der Waals surface area contributed by atoms with E-state index in [0.717, 1.165) is 16.9 Å². The van der Waals surface area contributed by atoms with Crippen LogP contribution in [0.5, 0.6) is 0 Å². The number of likely N-dealkylation sites (tertiary alicyclic amines) is 1. The van der Waals surface area contributed by atoms with Crippen molar-refractivity contribution in [3.63, 3.8) is 0 Å². The van der Waals surface area contributed by atoms with Crippen molar-refractivity contribution in [3.8, 4) is 0 Å². The van der Waals surface area contributed by atoms with E-state index in [1.54, 1.807) is 0 Å². The molecule has 88 valence electrons. The second-order valence-electron chi connectivity index (χ2n) is 4.52. The average Bonchev–Trinajstić information content (AvgIpc) is 2.69. The molecule has 0 radical (unpaired) electrons. The maximum Gasteiger partial charge on any atom is 0.0453 e. The first kappa shape index (κ1) is 12.4. The molecule has 1 heterocycles. The van der Waals surface area contributed by atoms with Gasteiger partial charge in [0.2, 0.25) is 0 Å². The molecule has 1 aliphatic heterocycles. The van der Waals surface area contributed by atoms with Crippen LogP contribution in [0.25, 0.3) is 0 Å². The van der Waals surface area contributed by atoms with E-state index < -0.39 is 0 Å². The van der Waals surface area contributed by atoms with Crippen molar-refractivity contribution < 1.29 is 0 Å². The molecular formula is C13H17BrClN. The van der Waals surface area contributed by atoms with Gasteiger partial charge in [0, 0.05) is 22.9 Å². The van der Waals surface area contributed by atoms with Gasteiger partial charge in [0.05, 0.1) is 0 Å². The maximum atomic E-state index is 6.26. The molecule has 0 spiro atoms. The number of halogens is 2. The summed E-state index contributed by atoms with van der Waals surface area (Å²) in [6.07, 6.45) is 2.61. The maximum absolute atomic E-state index is 6.26. The number of rotatable bonds is 3. The minimum Gasteiger partial charge on any atom is -0.295 e. The summed E-state index contributed by atoms with van der Waals surface area (Å²) < 4.78 is 0. The van der Waals surface area contributed by atoms with Gasteiger partial charge in [-0.3, -0.25) is 4.90 Å². The highest BCUT2D eigenvalue weighted by atomic mass is 79.9. The quantitative estimate of drug-likeness (QED) is 0.763. The smallest absolute Gasteiger partial charge is 0.0453 e. The molecule has 16 heavy (non-hydrogen) atoms. The highest BCUT2D eigenvalue weighted by Crippen LogP contribution is 2.25. The van der Waals surface area contributed by atoms with Crippen molar-refractivity contribution in [1.82, 2.24) is 4.90 Å². The Kier molecular flexibility index (Phi) is 4.28. The number of alkyl halides is 1. The van der Waals surface area contributed by atoms with Gasteiger partial charge in [0.15, 0.2) is 0 Å². The Morgan fingerprint density at radius 1 is 1.50 bits per heavy atom. The molecule has 0 bridgehead atoms. The molecule has 0 amide bonds. The van der Waals surface area contributed by atoms with E-state index in [4.69, 9.17) is 11.6 Å². The zero-order chi connectivity index (χ0) is 11.5. The van der Waals surface area contributed by atoms with E-state index in [1.807, 2.05) is 0 Å². The van der Waals surface area contributed by atoms with Gasteiger partial charge in [0.1, 0.15) is 0 Å². The summed E-state index contributed by atoms with van der Waals surface area (Å²) in [5.41, 5.74) is 2.48. The molecule has 0 aromatic heterocycles. The van der Waals surface area contributed by atoms with E-state index in [2.05, 4.69) is 46.0 Å². The van der Waals surface area contributed by atoms with Gasteiger partial charge in [-0.2, -0.15) is 0 Å². The zero-order valence-corrected chi connectivity index (χ0v) is 11.9. The Hall–Kier alpha value is -0.0500. The van der Waals surface area contributed by atoms with Gasteiger partial charge in [-0.05, 0) is 43.5 Å². The Morgan fingerprint density at radius 2 is 2.31 bits per heavy atom. The van der Waals surface area contributed by atoms with Gasteiger partial charge in [-0.25, -0.2) is 0 Å². The summed E-state index contributed by atoms with van der Waals surface area (Å²) in [4.78, 5) is 2.52. The molecule has 1 atom stereocenters. The van der Waals surface area contributed by atoms with E-state index >= 15 is 0 Å². The number of aryl methyl sites for hydroxylation is 1. The van der Waals surface area contributed by atoms with Crippen LogP contribution in [0, 0.1) is 6.92 Å². The fraction of sp³-hybridized carbons (Fsp3) is 0.538. The fourth-order valence-electron chi connectivity index (χ4n) is 2.28. The van der Waals surface area contributed by atoms with Crippen molar-refractivity contribution in [1.29, 1.82) is 0 Å². The minimum atomic E-state index is 0.678. The van der Waals surface area contributed by atoms with E-state index in [0.29, 0.717) is 6.04 Å². The fourth-order valence-corrected chi connectivity index (χ4v) is 3.31. The summed E-state index contributed by atoms with van der Waals surface area (Å²) in [7, 11) is 0. The third-order valence-electron chi connectivity index (χ3n) is 3.26. The van der Waals surface area contributed by atoms with Crippen LogP contribution in [-0.4, -0.2) is 22.8 Å². The molecule has 1 nitrogen and oxygen atoms in total. The SMILES string of the molecule is Cc1ccc(CN2CCCC2CBr)c(Cl)c1. The van der Waals surface area contributed by atoms with Crippen LogP contribution in [0.1, 0.15) is 24.0 Å². The van der Waals surface area contributed by atoms with Crippen LogP contribution in [0.3, 0.4) is 0 Å². The Bertz CT molecular complexity index is 367.